The number of carbonyl (C=O) groups is 1. The first-order chi connectivity index (χ1) is 13.3. The molecule has 0 spiro atoms. The Kier molecular flexibility index (Phi) is 6.59. The number of hydrogen-bond acceptors (Lipinski definition) is 4. The summed E-state index contributed by atoms with van der Waals surface area (Å²) in [6.45, 7) is 0.769. The standard InChI is InChI=1S/C18H17ClF2N2O3S2/c19-16-11-14(4-5-17(16)21)27-12-18(24)22-6-8-23(9-7-22)28(25,26)15-3-1-2-13(20)10-15/h1-5,10-11H,6-9,12H2. The summed E-state index contributed by atoms with van der Waals surface area (Å²) in [5.41, 5.74) is 0. The average Bonchev–Trinajstić information content (AvgIpc) is 2.68. The number of carbonyl (C=O) groups excluding carboxylic acids is 1. The molecule has 1 amide bonds. The maximum atomic E-state index is 13.3. The molecule has 1 aliphatic heterocycles. The van der Waals surface area contributed by atoms with E-state index in [1.54, 1.807) is 11.0 Å². The molecule has 5 nitrogen and oxygen atoms in total. The first-order valence-corrected chi connectivity index (χ1v) is 11.2. The zero-order chi connectivity index (χ0) is 20.3. The van der Waals surface area contributed by atoms with Gasteiger partial charge in [0.2, 0.25) is 15.9 Å². The van der Waals surface area contributed by atoms with Crippen LogP contribution in [0.2, 0.25) is 5.02 Å². The minimum absolute atomic E-state index is 0.00591. The molecule has 0 unspecified atom stereocenters. The Morgan fingerprint density at radius 2 is 1.79 bits per heavy atom. The van der Waals surface area contributed by atoms with Gasteiger partial charge in [-0.05, 0) is 36.4 Å². The summed E-state index contributed by atoms with van der Waals surface area (Å²) in [5, 5.41) is -0.00591. The van der Waals surface area contributed by atoms with Crippen LogP contribution in [0.5, 0.6) is 0 Å². The highest BCUT2D eigenvalue weighted by molar-refractivity contribution is 8.00. The van der Waals surface area contributed by atoms with Gasteiger partial charge in [-0.2, -0.15) is 4.31 Å². The summed E-state index contributed by atoms with van der Waals surface area (Å²) in [6, 6.07) is 9.10. The number of halogens is 3. The van der Waals surface area contributed by atoms with Gasteiger partial charge in [0.25, 0.3) is 0 Å². The van der Waals surface area contributed by atoms with Gasteiger partial charge in [-0.3, -0.25) is 4.79 Å². The number of amides is 1. The van der Waals surface area contributed by atoms with E-state index < -0.39 is 21.7 Å². The molecule has 1 fully saturated rings. The number of rotatable bonds is 5. The van der Waals surface area contributed by atoms with Crippen LogP contribution in [0.1, 0.15) is 0 Å². The van der Waals surface area contributed by atoms with Gasteiger partial charge in [-0.15, -0.1) is 11.8 Å². The number of nitrogens with zero attached hydrogens (tertiary/aromatic N) is 2. The van der Waals surface area contributed by atoms with Gasteiger partial charge in [-0.25, -0.2) is 17.2 Å². The third kappa shape index (κ3) is 4.83. The van der Waals surface area contributed by atoms with Crippen LogP contribution in [-0.4, -0.2) is 55.5 Å². The van der Waals surface area contributed by atoms with Crippen LogP contribution in [0.25, 0.3) is 0 Å². The van der Waals surface area contributed by atoms with E-state index in [1.807, 2.05) is 0 Å². The van der Waals surface area contributed by atoms with Gasteiger partial charge < -0.3 is 4.90 Å². The van der Waals surface area contributed by atoms with Gasteiger partial charge in [0, 0.05) is 31.1 Å². The molecule has 150 valence electrons. The van der Waals surface area contributed by atoms with Crippen molar-refractivity contribution in [2.24, 2.45) is 0 Å². The minimum atomic E-state index is -3.80. The molecule has 0 atom stereocenters. The second kappa shape index (κ2) is 8.77. The highest BCUT2D eigenvalue weighted by atomic mass is 35.5. The number of hydrogen-bond donors (Lipinski definition) is 0. The third-order valence-electron chi connectivity index (χ3n) is 4.28. The van der Waals surface area contributed by atoms with Crippen LogP contribution in [0, 0.1) is 11.6 Å². The largest absolute Gasteiger partial charge is 0.339 e. The van der Waals surface area contributed by atoms with E-state index in [2.05, 4.69) is 0 Å². The molecule has 0 bridgehead atoms. The van der Waals surface area contributed by atoms with Gasteiger partial charge >= 0.3 is 0 Å². The predicted molar refractivity (Wildman–Crippen MR) is 104 cm³/mol. The molecule has 0 radical (unpaired) electrons. The Balaban J connectivity index is 1.55. The molecule has 3 rings (SSSR count). The Morgan fingerprint density at radius 3 is 2.43 bits per heavy atom. The molecule has 2 aromatic carbocycles. The maximum absolute atomic E-state index is 13.3. The van der Waals surface area contributed by atoms with Gasteiger partial charge in [0.05, 0.1) is 15.7 Å². The second-order valence-corrected chi connectivity index (χ2v) is 9.50. The molecule has 0 saturated carbocycles. The first kappa shape index (κ1) is 21.0. The molecule has 0 aromatic heterocycles. The first-order valence-electron chi connectivity index (χ1n) is 8.39. The topological polar surface area (TPSA) is 57.7 Å². The van der Waals surface area contributed by atoms with Crippen molar-refractivity contribution in [2.45, 2.75) is 9.79 Å². The third-order valence-corrected chi connectivity index (χ3v) is 7.44. The van der Waals surface area contributed by atoms with Crippen molar-refractivity contribution in [1.82, 2.24) is 9.21 Å². The monoisotopic (exact) mass is 446 g/mol. The smallest absolute Gasteiger partial charge is 0.243 e. The Labute approximate surface area is 171 Å². The zero-order valence-electron chi connectivity index (χ0n) is 14.6. The average molecular weight is 447 g/mol. The molecular weight excluding hydrogens is 430 g/mol. The highest BCUT2D eigenvalue weighted by Gasteiger charge is 2.30. The van der Waals surface area contributed by atoms with Crippen molar-refractivity contribution in [3.05, 3.63) is 59.1 Å². The molecule has 1 heterocycles. The van der Waals surface area contributed by atoms with E-state index in [-0.39, 0.29) is 47.8 Å². The molecule has 1 saturated heterocycles. The molecule has 2 aromatic rings. The van der Waals surface area contributed by atoms with Gasteiger partial charge in [-0.1, -0.05) is 17.7 Å². The summed E-state index contributed by atoms with van der Waals surface area (Å²) in [6.07, 6.45) is 0. The lowest BCUT2D eigenvalue weighted by Gasteiger charge is -2.34. The SMILES string of the molecule is O=C(CSc1ccc(F)c(Cl)c1)N1CCN(S(=O)(=O)c2cccc(F)c2)CC1. The Bertz CT molecular complexity index is 981. The van der Waals surface area contributed by atoms with Gasteiger partial charge in [0.15, 0.2) is 0 Å². The van der Waals surface area contributed by atoms with Crippen LogP contribution in [0.4, 0.5) is 8.78 Å². The molecule has 0 aliphatic carbocycles. The fourth-order valence-electron chi connectivity index (χ4n) is 2.76. The van der Waals surface area contributed by atoms with Crippen molar-refractivity contribution < 1.29 is 22.0 Å². The summed E-state index contributed by atoms with van der Waals surface area (Å²) in [7, 11) is -3.80. The molecule has 10 heteroatoms. The van der Waals surface area contributed by atoms with Crippen molar-refractivity contribution in [3.8, 4) is 0 Å². The Morgan fingerprint density at radius 1 is 1.07 bits per heavy atom. The second-order valence-electron chi connectivity index (χ2n) is 6.11. The number of benzene rings is 2. The minimum Gasteiger partial charge on any atom is -0.339 e. The van der Waals surface area contributed by atoms with E-state index in [1.165, 1.54) is 46.4 Å². The number of thioether (sulfide) groups is 1. The summed E-state index contributed by atoms with van der Waals surface area (Å²) >= 11 is 6.96. The van der Waals surface area contributed by atoms with E-state index in [9.17, 15) is 22.0 Å². The maximum Gasteiger partial charge on any atom is 0.243 e. The lowest BCUT2D eigenvalue weighted by Crippen LogP contribution is -2.50. The van der Waals surface area contributed by atoms with Crippen LogP contribution in [0.15, 0.2) is 52.3 Å². The predicted octanol–water partition coefficient (Wildman–Crippen LogP) is 3.24. The molecule has 28 heavy (non-hydrogen) atoms. The summed E-state index contributed by atoms with van der Waals surface area (Å²) in [5.74, 6) is -1.15. The lowest BCUT2D eigenvalue weighted by atomic mass is 10.3. The van der Waals surface area contributed by atoms with Crippen molar-refractivity contribution >= 4 is 39.3 Å². The number of sulfonamides is 1. The Hall–Kier alpha value is -1.68. The van der Waals surface area contributed by atoms with E-state index >= 15 is 0 Å². The van der Waals surface area contributed by atoms with Crippen LogP contribution in [0.3, 0.4) is 0 Å². The fourth-order valence-corrected chi connectivity index (χ4v) is 5.29. The van der Waals surface area contributed by atoms with E-state index in [0.717, 1.165) is 6.07 Å². The van der Waals surface area contributed by atoms with E-state index in [4.69, 9.17) is 11.6 Å². The molecular formula is C18H17ClF2N2O3S2. The fraction of sp³-hybridized carbons (Fsp3) is 0.278. The van der Waals surface area contributed by atoms with Crippen LogP contribution < -0.4 is 0 Å². The lowest BCUT2D eigenvalue weighted by molar-refractivity contribution is -0.129. The zero-order valence-corrected chi connectivity index (χ0v) is 17.0. The molecule has 0 N–H and O–H groups in total. The normalized spacial score (nSPS) is 15.6. The highest BCUT2D eigenvalue weighted by Crippen LogP contribution is 2.25. The summed E-state index contributed by atoms with van der Waals surface area (Å²) < 4.78 is 53.0. The van der Waals surface area contributed by atoms with Crippen LogP contribution in [-0.2, 0) is 14.8 Å². The van der Waals surface area contributed by atoms with E-state index in [0.29, 0.717) is 4.90 Å². The van der Waals surface area contributed by atoms with Crippen molar-refractivity contribution in [3.63, 3.8) is 0 Å². The number of piperazine rings is 1. The van der Waals surface area contributed by atoms with Crippen LogP contribution >= 0.6 is 23.4 Å². The van der Waals surface area contributed by atoms with Gasteiger partial charge in [0.1, 0.15) is 11.6 Å². The summed E-state index contributed by atoms with van der Waals surface area (Å²) in [4.78, 5) is 14.5. The van der Waals surface area contributed by atoms with Crippen molar-refractivity contribution in [2.75, 3.05) is 31.9 Å². The molecule has 1 aliphatic rings. The quantitative estimate of drug-likeness (QED) is 0.661. The van der Waals surface area contributed by atoms with Crippen molar-refractivity contribution in [1.29, 1.82) is 0 Å².